The lowest BCUT2D eigenvalue weighted by atomic mass is 10.2. The van der Waals surface area contributed by atoms with Gasteiger partial charge in [-0.1, -0.05) is 25.4 Å². The van der Waals surface area contributed by atoms with Gasteiger partial charge in [-0.25, -0.2) is 0 Å². The maximum atomic E-state index is 10.7. The third-order valence-electron chi connectivity index (χ3n) is 2.52. The summed E-state index contributed by atoms with van der Waals surface area (Å²) >= 11 is 0. The Morgan fingerprint density at radius 1 is 1.39 bits per heavy atom. The van der Waals surface area contributed by atoms with Crippen LogP contribution in [0.25, 0.3) is 0 Å². The Balaban J connectivity index is 2.51. The number of aromatic nitrogens is 2. The number of hydrogen-bond donors (Lipinski definition) is 1. The maximum absolute atomic E-state index is 10.7. The summed E-state index contributed by atoms with van der Waals surface area (Å²) in [5.41, 5.74) is 0. The molecule has 0 aliphatic heterocycles. The van der Waals surface area contributed by atoms with E-state index in [1.807, 2.05) is 6.92 Å². The molecule has 0 aliphatic carbocycles. The predicted molar refractivity (Wildman–Crippen MR) is 66.1 cm³/mol. The molecular weight excluding hydrogens is 234 g/mol. The van der Waals surface area contributed by atoms with Gasteiger partial charge < -0.3 is 9.63 Å². The number of carbonyl (C=O) groups is 1. The molecule has 0 aliphatic rings. The Morgan fingerprint density at radius 2 is 2.17 bits per heavy atom. The van der Waals surface area contributed by atoms with Gasteiger partial charge in [-0.15, -0.1) is 0 Å². The van der Waals surface area contributed by atoms with Gasteiger partial charge in [0, 0.05) is 6.42 Å². The number of carboxylic acid groups (broad SMARTS) is 1. The Kier molecular flexibility index (Phi) is 6.35. The minimum atomic E-state index is -0.839. The van der Waals surface area contributed by atoms with Gasteiger partial charge >= 0.3 is 5.97 Å². The molecule has 102 valence electrons. The lowest BCUT2D eigenvalue weighted by molar-refractivity contribution is -0.138. The first-order valence-corrected chi connectivity index (χ1v) is 6.41. The van der Waals surface area contributed by atoms with Crippen LogP contribution in [0.4, 0.5) is 0 Å². The second-order valence-electron chi connectivity index (χ2n) is 4.31. The second kappa shape index (κ2) is 7.81. The Hall–Kier alpha value is -1.43. The molecule has 0 radical (unpaired) electrons. The molecule has 1 aromatic rings. The minimum Gasteiger partial charge on any atom is -0.480 e. The average molecular weight is 255 g/mol. The van der Waals surface area contributed by atoms with Gasteiger partial charge in [0.05, 0.1) is 13.1 Å². The number of hydrogen-bond acceptors (Lipinski definition) is 5. The van der Waals surface area contributed by atoms with Crippen LogP contribution in [0.2, 0.25) is 0 Å². The van der Waals surface area contributed by atoms with Crippen molar-refractivity contribution in [2.75, 3.05) is 13.1 Å². The summed E-state index contributed by atoms with van der Waals surface area (Å²) in [5, 5.41) is 12.7. The summed E-state index contributed by atoms with van der Waals surface area (Å²) in [6, 6.07) is 0. The topological polar surface area (TPSA) is 79.5 Å². The van der Waals surface area contributed by atoms with E-state index in [4.69, 9.17) is 9.63 Å². The molecule has 0 atom stereocenters. The van der Waals surface area contributed by atoms with Crippen LogP contribution in [0.5, 0.6) is 0 Å². The molecule has 6 nitrogen and oxygen atoms in total. The highest BCUT2D eigenvalue weighted by molar-refractivity contribution is 5.69. The van der Waals surface area contributed by atoms with Crippen LogP contribution < -0.4 is 0 Å². The molecule has 0 unspecified atom stereocenters. The smallest absolute Gasteiger partial charge is 0.317 e. The third kappa shape index (κ3) is 5.27. The molecule has 0 saturated carbocycles. The molecule has 0 amide bonds. The van der Waals surface area contributed by atoms with Crippen molar-refractivity contribution in [1.82, 2.24) is 15.0 Å². The van der Waals surface area contributed by atoms with Crippen LogP contribution in [0.15, 0.2) is 4.52 Å². The zero-order valence-electron chi connectivity index (χ0n) is 11.1. The first-order valence-electron chi connectivity index (χ1n) is 6.41. The van der Waals surface area contributed by atoms with Crippen LogP contribution in [0, 0.1) is 0 Å². The fourth-order valence-corrected chi connectivity index (χ4v) is 1.70. The highest BCUT2D eigenvalue weighted by Gasteiger charge is 2.13. The van der Waals surface area contributed by atoms with Gasteiger partial charge in [-0.3, -0.25) is 9.69 Å². The van der Waals surface area contributed by atoms with Gasteiger partial charge in [0.15, 0.2) is 5.82 Å². The molecule has 0 aromatic carbocycles. The van der Waals surface area contributed by atoms with Gasteiger partial charge in [-0.05, 0) is 19.4 Å². The molecule has 1 rings (SSSR count). The van der Waals surface area contributed by atoms with Crippen LogP contribution >= 0.6 is 0 Å². The first kappa shape index (κ1) is 14.6. The van der Waals surface area contributed by atoms with Crippen LogP contribution in [0.1, 0.15) is 44.8 Å². The van der Waals surface area contributed by atoms with E-state index in [0.717, 1.165) is 25.7 Å². The van der Waals surface area contributed by atoms with Gasteiger partial charge in [0.25, 0.3) is 0 Å². The van der Waals surface area contributed by atoms with E-state index < -0.39 is 5.97 Å². The maximum Gasteiger partial charge on any atom is 0.317 e. The largest absolute Gasteiger partial charge is 0.480 e. The molecular formula is C12H21N3O3. The number of rotatable bonds is 9. The summed E-state index contributed by atoms with van der Waals surface area (Å²) in [6.07, 6.45) is 3.83. The van der Waals surface area contributed by atoms with Gasteiger partial charge in [0.2, 0.25) is 5.89 Å². The number of unbranched alkanes of at least 4 members (excludes halogenated alkanes) is 1. The molecule has 1 aromatic heterocycles. The summed E-state index contributed by atoms with van der Waals surface area (Å²) in [7, 11) is 0. The lowest BCUT2D eigenvalue weighted by Crippen LogP contribution is -2.30. The van der Waals surface area contributed by atoms with Gasteiger partial charge in [-0.2, -0.15) is 4.98 Å². The molecule has 0 fully saturated rings. The van der Waals surface area contributed by atoms with E-state index in [0.29, 0.717) is 24.8 Å². The highest BCUT2D eigenvalue weighted by atomic mass is 16.5. The van der Waals surface area contributed by atoms with Gasteiger partial charge in [0.1, 0.15) is 0 Å². The van der Waals surface area contributed by atoms with Crippen molar-refractivity contribution in [2.45, 2.75) is 46.1 Å². The minimum absolute atomic E-state index is 0.000509. The normalized spacial score (nSPS) is 11.1. The second-order valence-corrected chi connectivity index (χ2v) is 4.31. The van der Waals surface area contributed by atoms with Crippen molar-refractivity contribution in [1.29, 1.82) is 0 Å². The molecule has 0 saturated heterocycles. The molecule has 0 spiro atoms. The van der Waals surface area contributed by atoms with Crippen LogP contribution in [0.3, 0.4) is 0 Å². The number of carboxylic acids is 1. The lowest BCUT2D eigenvalue weighted by Gasteiger charge is -2.16. The fraction of sp³-hybridized carbons (Fsp3) is 0.750. The molecule has 0 bridgehead atoms. The predicted octanol–water partition coefficient (Wildman–Crippen LogP) is 1.71. The third-order valence-corrected chi connectivity index (χ3v) is 2.52. The van der Waals surface area contributed by atoms with Crippen molar-refractivity contribution < 1.29 is 14.4 Å². The quantitative estimate of drug-likeness (QED) is 0.723. The molecule has 1 heterocycles. The monoisotopic (exact) mass is 255 g/mol. The van der Waals surface area contributed by atoms with E-state index in [-0.39, 0.29) is 6.54 Å². The number of aliphatic carboxylic acids is 1. The number of nitrogens with zero attached hydrogens (tertiary/aromatic N) is 3. The zero-order valence-corrected chi connectivity index (χ0v) is 11.1. The zero-order chi connectivity index (χ0) is 13.4. The Labute approximate surface area is 107 Å². The van der Waals surface area contributed by atoms with E-state index in [9.17, 15) is 4.79 Å². The van der Waals surface area contributed by atoms with Crippen molar-refractivity contribution in [3.63, 3.8) is 0 Å². The fourth-order valence-electron chi connectivity index (χ4n) is 1.70. The summed E-state index contributed by atoms with van der Waals surface area (Å²) in [6.45, 7) is 5.23. The summed E-state index contributed by atoms with van der Waals surface area (Å²) in [4.78, 5) is 16.8. The van der Waals surface area contributed by atoms with E-state index in [2.05, 4.69) is 17.1 Å². The van der Waals surface area contributed by atoms with Crippen molar-refractivity contribution in [3.8, 4) is 0 Å². The Morgan fingerprint density at radius 3 is 2.78 bits per heavy atom. The van der Waals surface area contributed by atoms with Crippen molar-refractivity contribution in [2.24, 2.45) is 0 Å². The summed E-state index contributed by atoms with van der Waals surface area (Å²) < 4.78 is 5.12. The Bertz CT molecular complexity index is 365. The average Bonchev–Trinajstić information content (AvgIpc) is 2.73. The van der Waals surface area contributed by atoms with E-state index >= 15 is 0 Å². The van der Waals surface area contributed by atoms with Crippen LogP contribution in [-0.4, -0.2) is 39.2 Å². The number of aryl methyl sites for hydroxylation is 1. The molecule has 1 N–H and O–H groups in total. The van der Waals surface area contributed by atoms with Crippen molar-refractivity contribution >= 4 is 5.97 Å². The molecule has 6 heteroatoms. The summed E-state index contributed by atoms with van der Waals surface area (Å²) in [5.74, 6) is 0.364. The van der Waals surface area contributed by atoms with E-state index in [1.54, 1.807) is 4.90 Å². The SMILES string of the molecule is CCCCc1noc(CN(CCC)CC(=O)O)n1. The van der Waals surface area contributed by atoms with E-state index in [1.165, 1.54) is 0 Å². The van der Waals surface area contributed by atoms with Crippen LogP contribution in [-0.2, 0) is 17.8 Å². The highest BCUT2D eigenvalue weighted by Crippen LogP contribution is 2.06. The molecule has 18 heavy (non-hydrogen) atoms. The standard InChI is InChI=1S/C12H21N3O3/c1-3-5-6-10-13-11(18-14-10)8-15(7-4-2)9-12(16)17/h3-9H2,1-2H3,(H,16,17). The first-order chi connectivity index (χ1) is 8.65. The van der Waals surface area contributed by atoms with Crippen molar-refractivity contribution in [3.05, 3.63) is 11.7 Å².